The molecule has 0 radical (unpaired) electrons. The van der Waals surface area contributed by atoms with Crippen LogP contribution in [0.5, 0.6) is 0 Å². The topological polar surface area (TPSA) is 202 Å². The first-order valence-electron chi connectivity index (χ1n) is 21.8. The Kier molecular flexibility index (Phi) is 11.1. The van der Waals surface area contributed by atoms with E-state index in [1.807, 2.05) is 9.80 Å². The van der Waals surface area contributed by atoms with E-state index in [1.165, 1.54) is 22.4 Å². The highest BCUT2D eigenvalue weighted by atomic mass is 35.5. The third-order valence-corrected chi connectivity index (χ3v) is 14.5. The number of rotatable bonds is 10. The average Bonchev–Trinajstić information content (AvgIpc) is 3.84. The summed E-state index contributed by atoms with van der Waals surface area (Å²) in [5, 5.41) is 9.30. The monoisotopic (exact) mass is 937 g/mol. The molecular formula is C45H45ClFN11O7S. The fourth-order valence-corrected chi connectivity index (χ4v) is 10.6. The molecule has 4 saturated heterocycles. The largest absolute Gasteiger partial charge is 0.370 e. The van der Waals surface area contributed by atoms with Crippen LogP contribution in [-0.2, 0) is 24.4 Å². The number of nitrogens with zero attached hydrogens (tertiary/aromatic N) is 8. The Hall–Kier alpha value is -6.64. The van der Waals surface area contributed by atoms with Crippen LogP contribution in [0.1, 0.15) is 46.4 Å². The molecule has 5 amide bonds. The highest BCUT2D eigenvalue weighted by Gasteiger charge is 2.45. The third kappa shape index (κ3) is 8.06. The van der Waals surface area contributed by atoms with Crippen molar-refractivity contribution in [3.05, 3.63) is 95.0 Å². The Morgan fingerprint density at radius 2 is 1.62 bits per heavy atom. The fourth-order valence-electron chi connectivity index (χ4n) is 9.69. The molecular weight excluding hydrogens is 893 g/mol. The minimum absolute atomic E-state index is 0.0498. The van der Waals surface area contributed by atoms with Gasteiger partial charge in [0.15, 0.2) is 5.82 Å². The standard InChI is InChI=1S/C45H45ClFN11O7S/c1-66(64,65)57-16-11-26-3-2-4-35(39(26)57)50-40-33(46)23-48-45(52-40)49-28-5-8-36(34(47)21-28)54-14-12-29(13-15-54)53-17-19-55(20-18-53)42(61)27-24-56(25-27)30-6-7-31-32(22-30)44(63)58(43(31)62)37-9-10-38(59)51-41(37)60/h2-8,11,16,21-23,27,29,37H,9-10,12-15,17-20,24-25H2,1H3,(H,51,59,60)(H2,48,49,50,52). The molecule has 5 aromatic rings. The summed E-state index contributed by atoms with van der Waals surface area (Å²) in [7, 11) is -3.58. The van der Waals surface area contributed by atoms with E-state index in [9.17, 15) is 32.4 Å². The predicted octanol–water partition coefficient (Wildman–Crippen LogP) is 4.17. The van der Waals surface area contributed by atoms with Gasteiger partial charge in [-0.1, -0.05) is 23.7 Å². The molecule has 3 N–H and O–H groups in total. The third-order valence-electron chi connectivity index (χ3n) is 13.2. The zero-order chi connectivity index (χ0) is 46.0. The molecule has 3 aromatic carbocycles. The Bertz CT molecular complexity index is 2950. The molecule has 342 valence electrons. The quantitative estimate of drug-likeness (QED) is 0.169. The van der Waals surface area contributed by atoms with Gasteiger partial charge in [-0.2, -0.15) is 4.98 Å². The Balaban J connectivity index is 0.691. The number of aromatic nitrogens is 3. The van der Waals surface area contributed by atoms with E-state index in [1.54, 1.807) is 54.6 Å². The summed E-state index contributed by atoms with van der Waals surface area (Å²) in [5.74, 6) is -2.29. The van der Waals surface area contributed by atoms with Crippen molar-refractivity contribution in [3.63, 3.8) is 0 Å². The van der Waals surface area contributed by atoms with Gasteiger partial charge in [0.2, 0.25) is 33.7 Å². The predicted molar refractivity (Wildman–Crippen MR) is 244 cm³/mol. The van der Waals surface area contributed by atoms with Crippen LogP contribution in [0, 0.1) is 11.7 Å². The highest BCUT2D eigenvalue weighted by Crippen LogP contribution is 2.35. The number of piperidine rings is 2. The number of nitrogens with one attached hydrogen (secondary N) is 3. The van der Waals surface area contributed by atoms with Gasteiger partial charge in [0.25, 0.3) is 11.8 Å². The van der Waals surface area contributed by atoms with Crippen LogP contribution in [0.3, 0.4) is 0 Å². The summed E-state index contributed by atoms with van der Waals surface area (Å²) in [6.45, 7) is 5.06. The molecule has 5 aliphatic rings. The van der Waals surface area contributed by atoms with Crippen LogP contribution in [0.4, 0.5) is 38.9 Å². The second-order valence-corrected chi connectivity index (χ2v) is 19.5. The van der Waals surface area contributed by atoms with E-state index in [-0.39, 0.29) is 52.6 Å². The van der Waals surface area contributed by atoms with E-state index >= 15 is 4.39 Å². The van der Waals surface area contributed by atoms with Crippen molar-refractivity contribution in [3.8, 4) is 0 Å². The molecule has 1 atom stereocenters. The lowest BCUT2D eigenvalue weighted by atomic mass is 9.96. The summed E-state index contributed by atoms with van der Waals surface area (Å²) in [4.78, 5) is 82.1. The van der Waals surface area contributed by atoms with Crippen LogP contribution < -0.4 is 25.8 Å². The first kappa shape index (κ1) is 43.3. The van der Waals surface area contributed by atoms with E-state index in [4.69, 9.17) is 11.6 Å². The highest BCUT2D eigenvalue weighted by molar-refractivity contribution is 7.89. The van der Waals surface area contributed by atoms with Crippen LogP contribution >= 0.6 is 11.6 Å². The number of piperazine rings is 1. The summed E-state index contributed by atoms with van der Waals surface area (Å²) < 4.78 is 41.7. The lowest BCUT2D eigenvalue weighted by molar-refractivity contribution is -0.138. The molecule has 4 fully saturated rings. The summed E-state index contributed by atoms with van der Waals surface area (Å²) in [5.41, 5.74) is 3.01. The van der Waals surface area contributed by atoms with Gasteiger partial charge in [0.05, 0.1) is 46.4 Å². The normalized spacial score (nSPS) is 19.9. The molecule has 5 aliphatic heterocycles. The Labute approximate surface area is 383 Å². The number of imide groups is 2. The average molecular weight is 938 g/mol. The molecule has 10 rings (SSSR count). The van der Waals surface area contributed by atoms with Gasteiger partial charge in [0.1, 0.15) is 16.9 Å². The van der Waals surface area contributed by atoms with Gasteiger partial charge in [-0.25, -0.2) is 21.8 Å². The molecule has 21 heteroatoms. The molecule has 0 saturated carbocycles. The zero-order valence-electron chi connectivity index (χ0n) is 35.7. The summed E-state index contributed by atoms with van der Waals surface area (Å²) in [6.07, 6.45) is 5.85. The van der Waals surface area contributed by atoms with E-state index in [2.05, 4.69) is 35.7 Å². The van der Waals surface area contributed by atoms with Crippen molar-refractivity contribution in [2.75, 3.05) is 79.0 Å². The number of carbonyl (C=O) groups excluding carboxylic acids is 5. The molecule has 0 spiro atoms. The van der Waals surface area contributed by atoms with Crippen LogP contribution in [0.15, 0.2) is 73.1 Å². The number of amides is 5. The maximum absolute atomic E-state index is 15.7. The van der Waals surface area contributed by atoms with Crippen molar-refractivity contribution < 1.29 is 36.8 Å². The van der Waals surface area contributed by atoms with Gasteiger partial charge in [-0.05, 0) is 67.8 Å². The van der Waals surface area contributed by atoms with E-state index in [0.29, 0.717) is 73.3 Å². The molecule has 1 unspecified atom stereocenters. The smallest absolute Gasteiger partial charge is 0.262 e. The van der Waals surface area contributed by atoms with Crippen molar-refractivity contribution in [1.29, 1.82) is 0 Å². The number of benzene rings is 3. The first-order chi connectivity index (χ1) is 31.7. The van der Waals surface area contributed by atoms with E-state index in [0.717, 1.165) is 42.8 Å². The lowest BCUT2D eigenvalue weighted by Gasteiger charge is -2.46. The molecule has 7 heterocycles. The molecule has 0 aliphatic carbocycles. The number of carbonyl (C=O) groups is 5. The van der Waals surface area contributed by atoms with Crippen molar-refractivity contribution in [2.24, 2.45) is 5.92 Å². The number of halogens is 2. The molecule has 0 bridgehead atoms. The number of hydrogen-bond acceptors (Lipinski definition) is 14. The summed E-state index contributed by atoms with van der Waals surface area (Å²) >= 11 is 6.44. The molecule has 18 nitrogen and oxygen atoms in total. The Morgan fingerprint density at radius 3 is 2.35 bits per heavy atom. The second-order valence-electron chi connectivity index (χ2n) is 17.3. The molecule has 66 heavy (non-hydrogen) atoms. The number of para-hydroxylation sites is 1. The van der Waals surface area contributed by atoms with Gasteiger partial charge in [0, 0.05) is 87.8 Å². The maximum Gasteiger partial charge on any atom is 0.262 e. The summed E-state index contributed by atoms with van der Waals surface area (Å²) in [6, 6.07) is 16.2. The van der Waals surface area contributed by atoms with Crippen molar-refractivity contribution in [1.82, 2.24) is 34.0 Å². The second kappa shape index (κ2) is 17.0. The van der Waals surface area contributed by atoms with Gasteiger partial charge in [-0.15, -0.1) is 0 Å². The molecule has 2 aromatic heterocycles. The minimum atomic E-state index is -3.58. The van der Waals surface area contributed by atoms with E-state index < -0.39 is 45.5 Å². The number of anilines is 6. The minimum Gasteiger partial charge on any atom is -0.370 e. The number of fused-ring (bicyclic) bond motifs is 2. The zero-order valence-corrected chi connectivity index (χ0v) is 37.3. The maximum atomic E-state index is 15.7. The van der Waals surface area contributed by atoms with Crippen LogP contribution in [-0.4, -0.2) is 137 Å². The van der Waals surface area contributed by atoms with Gasteiger partial charge >= 0.3 is 0 Å². The van der Waals surface area contributed by atoms with Crippen molar-refractivity contribution >= 4 is 96.6 Å². The SMILES string of the molecule is CS(=O)(=O)n1ccc2cccc(Nc3nc(Nc4ccc(N5CCC(N6CCN(C(=O)C7CN(c8ccc9c(c8)C(=O)N(C8CCC(=O)NC8=O)C9=O)C7)CC6)CC5)c(F)c4)ncc3Cl)c21. The van der Waals surface area contributed by atoms with Gasteiger partial charge in [-0.3, -0.25) is 39.1 Å². The Morgan fingerprint density at radius 1 is 0.864 bits per heavy atom. The lowest BCUT2D eigenvalue weighted by Crippen LogP contribution is -2.59. The van der Waals surface area contributed by atoms with Crippen LogP contribution in [0.25, 0.3) is 10.9 Å². The first-order valence-corrected chi connectivity index (χ1v) is 24.0. The fraction of sp³-hybridized carbons (Fsp3) is 0.356. The van der Waals surface area contributed by atoms with Crippen molar-refractivity contribution in [2.45, 2.75) is 37.8 Å². The van der Waals surface area contributed by atoms with Crippen LogP contribution in [0.2, 0.25) is 5.02 Å². The van der Waals surface area contributed by atoms with Gasteiger partial charge < -0.3 is 25.3 Å². The number of hydrogen-bond donors (Lipinski definition) is 3.